The molecule has 1 heteroatoms. The first kappa shape index (κ1) is 21.7. The maximum absolute atomic E-state index is 10.2. The highest BCUT2D eigenvalue weighted by Gasteiger charge is 2.58. The maximum atomic E-state index is 10.2. The first-order valence-corrected chi connectivity index (χ1v) is 12.7. The van der Waals surface area contributed by atoms with E-state index in [4.69, 9.17) is 0 Å². The number of fused-ring (bicyclic) bond motifs is 5. The van der Waals surface area contributed by atoms with Gasteiger partial charge in [-0.1, -0.05) is 65.3 Å². The highest BCUT2D eigenvalue weighted by molar-refractivity contribution is 5.25. The summed E-state index contributed by atoms with van der Waals surface area (Å²) in [5.74, 6) is 5.63. The molecule has 0 aromatic heterocycles. The van der Waals surface area contributed by atoms with Crippen molar-refractivity contribution in [3.63, 3.8) is 0 Å². The Kier molecular flexibility index (Phi) is 5.86. The van der Waals surface area contributed by atoms with Gasteiger partial charge in [-0.15, -0.1) is 0 Å². The largest absolute Gasteiger partial charge is 0.393 e. The van der Waals surface area contributed by atoms with Crippen LogP contribution in [0.15, 0.2) is 23.8 Å². The predicted molar refractivity (Wildman–Crippen MR) is 124 cm³/mol. The number of hydrogen-bond donors (Lipinski definition) is 1. The second-order valence-electron chi connectivity index (χ2n) is 12.2. The molecule has 0 aliphatic heterocycles. The highest BCUT2D eigenvalue weighted by Crippen LogP contribution is 2.67. The Morgan fingerprint density at radius 3 is 2.45 bits per heavy atom. The van der Waals surface area contributed by atoms with Gasteiger partial charge < -0.3 is 5.11 Å². The molecule has 0 amide bonds. The van der Waals surface area contributed by atoms with E-state index in [0.29, 0.717) is 22.7 Å². The van der Waals surface area contributed by atoms with Gasteiger partial charge in [-0.25, -0.2) is 0 Å². The number of rotatable bonds is 4. The summed E-state index contributed by atoms with van der Waals surface area (Å²) >= 11 is 0. The average molecular weight is 399 g/mol. The maximum Gasteiger partial charge on any atom is 0.0577 e. The molecule has 9 atom stereocenters. The van der Waals surface area contributed by atoms with Crippen molar-refractivity contribution in [1.82, 2.24) is 0 Å². The van der Waals surface area contributed by atoms with Gasteiger partial charge in [0.1, 0.15) is 0 Å². The van der Waals surface area contributed by atoms with Gasteiger partial charge in [-0.05, 0) is 104 Å². The van der Waals surface area contributed by atoms with E-state index < -0.39 is 0 Å². The van der Waals surface area contributed by atoms with Crippen LogP contribution in [-0.2, 0) is 0 Å². The number of aliphatic hydroxyl groups excluding tert-OH is 1. The van der Waals surface area contributed by atoms with E-state index in [1.165, 1.54) is 38.5 Å². The monoisotopic (exact) mass is 398 g/mol. The molecule has 29 heavy (non-hydrogen) atoms. The third kappa shape index (κ3) is 3.58. The van der Waals surface area contributed by atoms with E-state index in [9.17, 15) is 5.11 Å². The molecule has 0 heterocycles. The minimum Gasteiger partial charge on any atom is -0.393 e. The van der Waals surface area contributed by atoms with E-state index in [1.54, 1.807) is 5.57 Å². The summed E-state index contributed by atoms with van der Waals surface area (Å²) in [5.41, 5.74) is 2.51. The summed E-state index contributed by atoms with van der Waals surface area (Å²) in [7, 11) is 0. The number of allylic oxidation sites excluding steroid dienone is 3. The molecule has 1 nitrogen and oxygen atoms in total. The van der Waals surface area contributed by atoms with Crippen LogP contribution in [0.5, 0.6) is 0 Å². The Balaban J connectivity index is 1.53. The van der Waals surface area contributed by atoms with E-state index in [1.807, 2.05) is 0 Å². The number of hydrogen-bond acceptors (Lipinski definition) is 1. The van der Waals surface area contributed by atoms with Crippen LogP contribution in [0, 0.1) is 52.3 Å². The van der Waals surface area contributed by atoms with Gasteiger partial charge in [0.15, 0.2) is 0 Å². The first-order chi connectivity index (χ1) is 13.7. The van der Waals surface area contributed by atoms with E-state index in [0.717, 1.165) is 42.4 Å². The normalized spacial score (nSPS) is 46.8. The van der Waals surface area contributed by atoms with Gasteiger partial charge >= 0.3 is 0 Å². The van der Waals surface area contributed by atoms with E-state index >= 15 is 0 Å². The SMILES string of the molecule is CC(C)[C@@H](C)/C=C/[C@H](C)[C@H]1CC[C@H]2[C@@H]3CC=C4C[C@@H](O)CC[C@]4(C)[C@H]3CC[C@]12C. The summed E-state index contributed by atoms with van der Waals surface area (Å²) < 4.78 is 0. The Labute approximate surface area is 180 Å². The molecular weight excluding hydrogens is 352 g/mol. The molecule has 0 spiro atoms. The summed E-state index contributed by atoms with van der Waals surface area (Å²) in [6.45, 7) is 14.7. The van der Waals surface area contributed by atoms with E-state index in [2.05, 4.69) is 59.8 Å². The summed E-state index contributed by atoms with van der Waals surface area (Å²) in [4.78, 5) is 0. The van der Waals surface area contributed by atoms with Gasteiger partial charge in [0.2, 0.25) is 0 Å². The fourth-order valence-corrected chi connectivity index (χ4v) is 8.25. The molecule has 0 bridgehead atoms. The fourth-order valence-electron chi connectivity index (χ4n) is 8.25. The molecule has 1 N–H and O–H groups in total. The topological polar surface area (TPSA) is 20.2 Å². The minimum atomic E-state index is -0.0866. The lowest BCUT2D eigenvalue weighted by molar-refractivity contribution is -0.0540. The summed E-state index contributed by atoms with van der Waals surface area (Å²) in [6, 6.07) is 0. The smallest absolute Gasteiger partial charge is 0.0577 e. The molecule has 4 aliphatic rings. The van der Waals surface area contributed by atoms with Crippen molar-refractivity contribution in [3.8, 4) is 0 Å². The Morgan fingerprint density at radius 2 is 1.72 bits per heavy atom. The zero-order chi connectivity index (χ0) is 21.0. The average Bonchev–Trinajstić information content (AvgIpc) is 3.03. The lowest BCUT2D eigenvalue weighted by Crippen LogP contribution is -2.50. The van der Waals surface area contributed by atoms with Crippen LogP contribution in [0.2, 0.25) is 0 Å². The predicted octanol–water partition coefficient (Wildman–Crippen LogP) is 7.41. The Morgan fingerprint density at radius 1 is 0.966 bits per heavy atom. The minimum absolute atomic E-state index is 0.0866. The molecular formula is C28H46O. The van der Waals surface area contributed by atoms with Gasteiger partial charge in [-0.3, -0.25) is 0 Å². The molecule has 0 saturated heterocycles. The van der Waals surface area contributed by atoms with Gasteiger partial charge in [0.25, 0.3) is 0 Å². The molecule has 3 saturated carbocycles. The Bertz CT molecular complexity index is 659. The van der Waals surface area contributed by atoms with Crippen LogP contribution in [0.1, 0.15) is 92.9 Å². The van der Waals surface area contributed by atoms with Crippen molar-refractivity contribution >= 4 is 0 Å². The molecule has 0 aromatic carbocycles. The molecule has 4 aliphatic carbocycles. The van der Waals surface area contributed by atoms with Crippen molar-refractivity contribution in [1.29, 1.82) is 0 Å². The molecule has 4 rings (SSSR count). The first-order valence-electron chi connectivity index (χ1n) is 12.7. The third-order valence-electron chi connectivity index (χ3n) is 10.6. The van der Waals surface area contributed by atoms with Crippen molar-refractivity contribution < 1.29 is 5.11 Å². The van der Waals surface area contributed by atoms with Crippen molar-refractivity contribution in [2.24, 2.45) is 52.3 Å². The van der Waals surface area contributed by atoms with Crippen molar-refractivity contribution in [3.05, 3.63) is 23.8 Å². The summed E-state index contributed by atoms with van der Waals surface area (Å²) in [6.07, 6.45) is 17.7. The fraction of sp³-hybridized carbons (Fsp3) is 0.857. The van der Waals surface area contributed by atoms with Crippen molar-refractivity contribution in [2.45, 2.75) is 99.0 Å². The van der Waals surface area contributed by atoms with Crippen LogP contribution in [0.25, 0.3) is 0 Å². The lowest BCUT2D eigenvalue weighted by Gasteiger charge is -2.58. The van der Waals surface area contributed by atoms with Crippen molar-refractivity contribution in [2.75, 3.05) is 0 Å². The van der Waals surface area contributed by atoms with Crippen LogP contribution in [0.4, 0.5) is 0 Å². The highest BCUT2D eigenvalue weighted by atomic mass is 16.3. The molecule has 3 fully saturated rings. The Hall–Kier alpha value is -0.560. The van der Waals surface area contributed by atoms with Gasteiger partial charge in [0.05, 0.1) is 6.10 Å². The van der Waals surface area contributed by atoms with Gasteiger partial charge in [-0.2, -0.15) is 0 Å². The zero-order valence-corrected chi connectivity index (χ0v) is 20.0. The van der Waals surface area contributed by atoms with Crippen LogP contribution >= 0.6 is 0 Å². The standard InChI is InChI=1S/C28H46O/c1-18(2)19(3)7-8-20(4)24-11-12-25-23-10-9-21-17-22(29)13-15-27(21,5)26(23)14-16-28(24,25)6/h7-9,18-20,22-26,29H,10-17H2,1-6H3/b8-7+/t19-,20-,22-,23-,24+,25-,26-,27-,28+/m0/s1. The quantitative estimate of drug-likeness (QED) is 0.489. The lowest BCUT2D eigenvalue weighted by atomic mass is 9.47. The summed E-state index contributed by atoms with van der Waals surface area (Å²) in [5, 5.41) is 10.2. The second kappa shape index (κ2) is 7.85. The zero-order valence-electron chi connectivity index (χ0n) is 20.0. The van der Waals surface area contributed by atoms with Gasteiger partial charge in [0, 0.05) is 0 Å². The van der Waals surface area contributed by atoms with E-state index in [-0.39, 0.29) is 6.10 Å². The molecule has 0 radical (unpaired) electrons. The molecule has 164 valence electrons. The van der Waals surface area contributed by atoms with Crippen LogP contribution in [-0.4, -0.2) is 11.2 Å². The van der Waals surface area contributed by atoms with Crippen LogP contribution in [0.3, 0.4) is 0 Å². The molecule has 0 unspecified atom stereocenters. The second-order valence-corrected chi connectivity index (χ2v) is 12.2. The third-order valence-corrected chi connectivity index (χ3v) is 10.6. The molecule has 0 aromatic rings. The number of aliphatic hydroxyl groups is 1. The van der Waals surface area contributed by atoms with Crippen LogP contribution < -0.4 is 0 Å².